The molecule has 26 heavy (non-hydrogen) atoms. The molecule has 0 heterocycles. The Kier molecular flexibility index (Phi) is 7.96. The molecular formula is C23H27F3. The summed E-state index contributed by atoms with van der Waals surface area (Å²) in [6, 6.07) is 10.1. The molecule has 3 heteroatoms. The van der Waals surface area contributed by atoms with E-state index in [4.69, 9.17) is 0 Å². The lowest BCUT2D eigenvalue weighted by Gasteiger charge is -2.08. The van der Waals surface area contributed by atoms with Gasteiger partial charge in [0, 0.05) is 11.1 Å². The first kappa shape index (κ1) is 20.3. The SMILES string of the molecule is CCC/C=C(/F)c1ccc(CCc2cc(F)c(CCCC)c(F)c2)cc1. The van der Waals surface area contributed by atoms with E-state index in [1.54, 1.807) is 18.2 Å². The van der Waals surface area contributed by atoms with Crippen LogP contribution in [0.15, 0.2) is 42.5 Å². The van der Waals surface area contributed by atoms with Gasteiger partial charge in [0.05, 0.1) is 0 Å². The highest BCUT2D eigenvalue weighted by Crippen LogP contribution is 2.21. The van der Waals surface area contributed by atoms with E-state index in [2.05, 4.69) is 0 Å². The van der Waals surface area contributed by atoms with Crippen molar-refractivity contribution in [2.24, 2.45) is 0 Å². The first-order valence-electron chi connectivity index (χ1n) is 9.46. The Hall–Kier alpha value is -2.03. The maximum Gasteiger partial charge on any atom is 0.129 e. The van der Waals surface area contributed by atoms with Crippen LogP contribution in [0.5, 0.6) is 0 Å². The van der Waals surface area contributed by atoms with Gasteiger partial charge in [-0.3, -0.25) is 0 Å². The number of hydrogen-bond donors (Lipinski definition) is 0. The molecule has 0 radical (unpaired) electrons. The molecule has 0 unspecified atom stereocenters. The number of halogens is 3. The maximum absolute atomic E-state index is 14.1. The van der Waals surface area contributed by atoms with E-state index < -0.39 is 11.6 Å². The van der Waals surface area contributed by atoms with Gasteiger partial charge >= 0.3 is 0 Å². The Balaban J connectivity index is 2.00. The van der Waals surface area contributed by atoms with E-state index in [0.717, 1.165) is 31.2 Å². The zero-order chi connectivity index (χ0) is 18.9. The number of allylic oxidation sites excluding steroid dienone is 1. The van der Waals surface area contributed by atoms with Crippen LogP contribution in [-0.4, -0.2) is 0 Å². The van der Waals surface area contributed by atoms with Crippen LogP contribution in [0.2, 0.25) is 0 Å². The van der Waals surface area contributed by atoms with Crippen LogP contribution in [0.4, 0.5) is 13.2 Å². The molecule has 2 aromatic carbocycles. The van der Waals surface area contributed by atoms with Crippen molar-refractivity contribution in [3.8, 4) is 0 Å². The third-order valence-corrected chi connectivity index (χ3v) is 4.53. The van der Waals surface area contributed by atoms with Gasteiger partial charge in [-0.15, -0.1) is 0 Å². The Labute approximate surface area is 154 Å². The Bertz CT molecular complexity index is 707. The number of unbranched alkanes of at least 4 members (excludes halogenated alkanes) is 2. The molecule has 0 aliphatic carbocycles. The smallest absolute Gasteiger partial charge is 0.129 e. The van der Waals surface area contributed by atoms with Crippen molar-refractivity contribution in [1.82, 2.24) is 0 Å². The standard InChI is InChI=1S/C23H27F3/c1-3-5-7-20-22(25)15-18(16-23(20)26)10-9-17-11-13-19(14-12-17)21(24)8-6-4-2/h8,11-16H,3-7,9-10H2,1-2H3/b21-8+. The Morgan fingerprint density at radius 1 is 0.846 bits per heavy atom. The van der Waals surface area contributed by atoms with Gasteiger partial charge in [0.15, 0.2) is 0 Å². The first-order valence-corrected chi connectivity index (χ1v) is 9.46. The molecule has 0 aliphatic rings. The fraction of sp³-hybridized carbons (Fsp3) is 0.391. The zero-order valence-electron chi connectivity index (χ0n) is 15.6. The van der Waals surface area contributed by atoms with Gasteiger partial charge in [0.25, 0.3) is 0 Å². The molecule has 0 nitrogen and oxygen atoms in total. The molecule has 0 atom stereocenters. The van der Waals surface area contributed by atoms with E-state index in [9.17, 15) is 13.2 Å². The lowest BCUT2D eigenvalue weighted by atomic mass is 9.99. The van der Waals surface area contributed by atoms with E-state index >= 15 is 0 Å². The van der Waals surface area contributed by atoms with Crippen molar-refractivity contribution in [3.05, 3.63) is 76.4 Å². The molecule has 140 valence electrons. The van der Waals surface area contributed by atoms with Crippen molar-refractivity contribution >= 4 is 5.83 Å². The highest BCUT2D eigenvalue weighted by Gasteiger charge is 2.11. The molecule has 2 rings (SSSR count). The average Bonchev–Trinajstić information content (AvgIpc) is 2.64. The van der Waals surface area contributed by atoms with Crippen molar-refractivity contribution < 1.29 is 13.2 Å². The van der Waals surface area contributed by atoms with Crippen LogP contribution in [0, 0.1) is 11.6 Å². The van der Waals surface area contributed by atoms with Gasteiger partial charge in [-0.05, 0) is 61.4 Å². The highest BCUT2D eigenvalue weighted by atomic mass is 19.1. The summed E-state index contributed by atoms with van der Waals surface area (Å²) in [5, 5.41) is 0. The normalized spacial score (nSPS) is 11.8. The second-order valence-electron chi connectivity index (χ2n) is 6.68. The lowest BCUT2D eigenvalue weighted by molar-refractivity contribution is 0.545. The molecule has 0 saturated heterocycles. The molecule has 0 aliphatic heterocycles. The highest BCUT2D eigenvalue weighted by molar-refractivity contribution is 5.59. The molecule has 0 saturated carbocycles. The number of benzene rings is 2. The van der Waals surface area contributed by atoms with Crippen molar-refractivity contribution in [1.29, 1.82) is 0 Å². The van der Waals surface area contributed by atoms with Crippen molar-refractivity contribution in [3.63, 3.8) is 0 Å². The van der Waals surface area contributed by atoms with Crippen LogP contribution in [0.25, 0.3) is 5.83 Å². The topological polar surface area (TPSA) is 0 Å². The van der Waals surface area contributed by atoms with E-state index in [1.807, 2.05) is 26.0 Å². The monoisotopic (exact) mass is 360 g/mol. The summed E-state index contributed by atoms with van der Waals surface area (Å²) in [6.45, 7) is 4.01. The van der Waals surface area contributed by atoms with Gasteiger partial charge in [0.2, 0.25) is 0 Å². The van der Waals surface area contributed by atoms with Crippen LogP contribution >= 0.6 is 0 Å². The van der Waals surface area contributed by atoms with Crippen LogP contribution < -0.4 is 0 Å². The first-order chi connectivity index (χ1) is 12.5. The van der Waals surface area contributed by atoms with E-state index in [0.29, 0.717) is 30.4 Å². The van der Waals surface area contributed by atoms with Gasteiger partial charge in [-0.25, -0.2) is 13.2 Å². The molecule has 0 fully saturated rings. The predicted molar refractivity (Wildman–Crippen MR) is 103 cm³/mol. The number of rotatable bonds is 9. The molecule has 2 aromatic rings. The van der Waals surface area contributed by atoms with Crippen LogP contribution in [0.1, 0.15) is 61.8 Å². The number of hydrogen-bond acceptors (Lipinski definition) is 0. The quantitative estimate of drug-likeness (QED) is 0.443. The Morgan fingerprint density at radius 3 is 2.04 bits per heavy atom. The molecule has 0 bridgehead atoms. The van der Waals surface area contributed by atoms with Gasteiger partial charge in [0.1, 0.15) is 17.5 Å². The van der Waals surface area contributed by atoms with Gasteiger partial charge in [-0.1, -0.05) is 51.0 Å². The lowest BCUT2D eigenvalue weighted by Crippen LogP contribution is -2.00. The third kappa shape index (κ3) is 5.76. The van der Waals surface area contributed by atoms with Crippen LogP contribution in [0.3, 0.4) is 0 Å². The number of aryl methyl sites for hydroxylation is 2. The zero-order valence-corrected chi connectivity index (χ0v) is 15.6. The minimum absolute atomic E-state index is 0.189. The summed E-state index contributed by atoms with van der Waals surface area (Å²) in [7, 11) is 0. The van der Waals surface area contributed by atoms with E-state index in [1.165, 1.54) is 12.1 Å². The second kappa shape index (κ2) is 10.2. The average molecular weight is 360 g/mol. The summed E-state index contributed by atoms with van der Waals surface area (Å²) >= 11 is 0. The third-order valence-electron chi connectivity index (χ3n) is 4.53. The van der Waals surface area contributed by atoms with Gasteiger partial charge < -0.3 is 0 Å². The Morgan fingerprint density at radius 2 is 1.46 bits per heavy atom. The fourth-order valence-corrected chi connectivity index (χ4v) is 2.90. The van der Waals surface area contributed by atoms with Gasteiger partial charge in [-0.2, -0.15) is 0 Å². The molecule has 0 aromatic heterocycles. The predicted octanol–water partition coefficient (Wildman–Crippen LogP) is 7.20. The summed E-state index contributed by atoms with van der Waals surface area (Å²) in [5.41, 5.74) is 2.43. The summed E-state index contributed by atoms with van der Waals surface area (Å²) < 4.78 is 42.1. The van der Waals surface area contributed by atoms with Crippen LogP contribution in [-0.2, 0) is 19.3 Å². The molecule has 0 N–H and O–H groups in total. The minimum Gasteiger partial charge on any atom is -0.207 e. The summed E-state index contributed by atoms with van der Waals surface area (Å²) in [4.78, 5) is 0. The maximum atomic E-state index is 14.1. The second-order valence-corrected chi connectivity index (χ2v) is 6.68. The summed E-state index contributed by atoms with van der Waals surface area (Å²) in [6.07, 6.45) is 6.57. The fourth-order valence-electron chi connectivity index (χ4n) is 2.90. The summed E-state index contributed by atoms with van der Waals surface area (Å²) in [5.74, 6) is -1.11. The van der Waals surface area contributed by atoms with E-state index in [-0.39, 0.29) is 11.4 Å². The molecular weight excluding hydrogens is 333 g/mol. The molecule has 0 amide bonds. The minimum atomic E-state index is -0.452. The van der Waals surface area contributed by atoms with Crippen molar-refractivity contribution in [2.45, 2.75) is 58.8 Å². The van der Waals surface area contributed by atoms with Crippen molar-refractivity contribution in [2.75, 3.05) is 0 Å². The molecule has 0 spiro atoms. The largest absolute Gasteiger partial charge is 0.207 e.